The molecule has 9 aromatic rings. The van der Waals surface area contributed by atoms with Gasteiger partial charge in [0, 0.05) is 99.7 Å². The van der Waals surface area contributed by atoms with Gasteiger partial charge in [0.25, 0.3) is 17.7 Å². The van der Waals surface area contributed by atoms with Gasteiger partial charge in [-0.1, -0.05) is 195 Å². The number of carbonyl (C=O) groups excluding carboxylic acids is 9. The summed E-state index contributed by atoms with van der Waals surface area (Å²) in [5.74, 6) is -2.85. The highest BCUT2D eigenvalue weighted by molar-refractivity contribution is 7.14. The first-order valence-electron chi connectivity index (χ1n) is 43.8. The van der Waals surface area contributed by atoms with Crippen molar-refractivity contribution in [3.63, 3.8) is 0 Å². The minimum atomic E-state index is -0.814. The van der Waals surface area contributed by atoms with Crippen molar-refractivity contribution in [1.29, 1.82) is 0 Å². The molecule has 126 heavy (non-hydrogen) atoms. The standard InChI is InChI=1S/C34H41N3O4S.2C33H40N4O4S/c1-20(2)29(37-18-24-9-7-8-10-26(24)32(37)40)33(41)36-19-25(38)16-28(36)31(39)35-17-23-12-11-22(15-27(23)34(4,5)6)30-21(3)13-14-42-30;2*1-19(2)28(37-16-23-9-7-8-10-25(23)31(37)40)32(41)36-17-24(38)14-27(36)30(39)34-15-22-12-11-21(13-26(22)33(4,5)6)29-20(3)35-18-42-29/h7-15,20,25,28-29,38H,16-19H2,1-6H3,(H,35,39);2*7-13,18-19,24,27-28,38H,14-17H2,1-6H3,(H,34,39). The lowest BCUT2D eigenvalue weighted by molar-refractivity contribution is -0.143. The van der Waals surface area contributed by atoms with E-state index in [2.05, 4.69) is 149 Å². The zero-order chi connectivity index (χ0) is 91.0. The molecule has 0 aliphatic carbocycles. The Kier molecular flexibility index (Phi) is 28.2. The van der Waals surface area contributed by atoms with Crippen molar-refractivity contribution in [3.8, 4) is 31.3 Å². The molecular formula is C100H121N11O12S3. The van der Waals surface area contributed by atoms with E-state index in [9.17, 15) is 58.5 Å². The van der Waals surface area contributed by atoms with Crippen LogP contribution < -0.4 is 16.0 Å². The van der Waals surface area contributed by atoms with E-state index in [0.717, 1.165) is 87.9 Å². The predicted octanol–water partition coefficient (Wildman–Crippen LogP) is 14.6. The number of hydrogen-bond donors (Lipinski definition) is 6. The summed E-state index contributed by atoms with van der Waals surface area (Å²) in [6, 6.07) is 38.7. The first-order valence-corrected chi connectivity index (χ1v) is 46.4. The van der Waals surface area contributed by atoms with Gasteiger partial charge < -0.3 is 60.7 Å². The van der Waals surface area contributed by atoms with Gasteiger partial charge in [-0.2, -0.15) is 0 Å². The second-order valence-electron chi connectivity index (χ2n) is 38.5. The number of fused-ring (bicyclic) bond motifs is 3. The zero-order valence-corrected chi connectivity index (χ0v) is 78.1. The lowest BCUT2D eigenvalue weighted by atomic mass is 9.82. The topological polar surface area (TPSA) is 296 Å². The molecule has 26 heteroatoms. The van der Waals surface area contributed by atoms with E-state index in [1.165, 1.54) is 25.1 Å². The Hall–Kier alpha value is -10.6. The number of aryl methyl sites for hydroxylation is 3. The van der Waals surface area contributed by atoms with Gasteiger partial charge >= 0.3 is 0 Å². The quantitative estimate of drug-likeness (QED) is 0.0390. The fourth-order valence-electron chi connectivity index (χ4n) is 18.7. The van der Waals surface area contributed by atoms with Crippen LogP contribution in [0, 0.1) is 38.5 Å². The third kappa shape index (κ3) is 19.9. The minimum absolute atomic E-state index is 0.0608. The molecule has 6 N–H and O–H groups in total. The molecule has 3 aromatic heterocycles. The van der Waals surface area contributed by atoms with Crippen LogP contribution in [-0.2, 0) is 84.3 Å². The van der Waals surface area contributed by atoms with Gasteiger partial charge in [-0.15, -0.1) is 34.0 Å². The molecule has 666 valence electrons. The van der Waals surface area contributed by atoms with Gasteiger partial charge in [-0.05, 0) is 175 Å². The number of hydrogen-bond acceptors (Lipinski definition) is 17. The van der Waals surface area contributed by atoms with Crippen LogP contribution in [0.5, 0.6) is 0 Å². The number of nitrogens with zero attached hydrogens (tertiary/aromatic N) is 8. The summed E-state index contributed by atoms with van der Waals surface area (Å²) in [6.45, 7) is 39.1. The Bertz CT molecular complexity index is 5060. The van der Waals surface area contributed by atoms with Crippen LogP contribution in [0.15, 0.2) is 150 Å². The van der Waals surface area contributed by atoms with Crippen molar-refractivity contribution in [2.24, 2.45) is 17.8 Å². The van der Waals surface area contributed by atoms with Gasteiger partial charge in [0.15, 0.2) is 0 Å². The molecule has 23 nitrogen and oxygen atoms in total. The molecular weight excluding hydrogens is 1640 g/mol. The summed E-state index contributed by atoms with van der Waals surface area (Å²) in [6.07, 6.45) is -1.94. The maximum atomic E-state index is 14.0. The van der Waals surface area contributed by atoms with E-state index in [0.29, 0.717) is 56.0 Å². The van der Waals surface area contributed by atoms with Gasteiger partial charge in [0.1, 0.15) is 36.3 Å². The fraction of sp³-hybridized carbons (Fsp3) is 0.450. The molecule has 3 fully saturated rings. The largest absolute Gasteiger partial charge is 0.391 e. The van der Waals surface area contributed by atoms with E-state index in [1.54, 1.807) is 66.9 Å². The van der Waals surface area contributed by atoms with Gasteiger partial charge in [0.05, 0.1) is 50.5 Å². The summed E-state index contributed by atoms with van der Waals surface area (Å²) in [5.41, 5.74) is 20.7. The highest BCUT2D eigenvalue weighted by Crippen LogP contribution is 2.41. The Morgan fingerprint density at radius 1 is 0.405 bits per heavy atom. The number of aliphatic hydroxyl groups excluding tert-OH is 3. The highest BCUT2D eigenvalue weighted by atomic mass is 32.1. The van der Waals surface area contributed by atoms with Crippen LogP contribution in [-0.4, -0.2) is 182 Å². The first kappa shape index (κ1) is 93.0. The average Bonchev–Trinajstić information content (AvgIpc) is 1.63. The Labute approximate surface area is 752 Å². The summed E-state index contributed by atoms with van der Waals surface area (Å²) in [5, 5.41) is 43.0. The summed E-state index contributed by atoms with van der Waals surface area (Å²) in [4.78, 5) is 144. The number of carbonyl (C=O) groups is 9. The third-order valence-electron chi connectivity index (χ3n) is 25.1. The van der Waals surface area contributed by atoms with Crippen LogP contribution >= 0.6 is 34.0 Å². The van der Waals surface area contributed by atoms with Gasteiger partial charge in [-0.3, -0.25) is 43.2 Å². The molecule has 0 bridgehead atoms. The van der Waals surface area contributed by atoms with Crippen molar-refractivity contribution in [2.75, 3.05) is 19.6 Å². The number of benzene rings is 6. The number of nitrogens with one attached hydrogen (secondary N) is 3. The Morgan fingerprint density at radius 3 is 0.937 bits per heavy atom. The highest BCUT2D eigenvalue weighted by Gasteiger charge is 2.50. The van der Waals surface area contributed by atoms with E-state index in [1.807, 2.05) is 133 Å². The van der Waals surface area contributed by atoms with Crippen molar-refractivity contribution in [2.45, 2.75) is 254 Å². The molecule has 0 radical (unpaired) electrons. The van der Waals surface area contributed by atoms with Crippen molar-refractivity contribution < 1.29 is 58.5 Å². The number of amides is 9. The fourth-order valence-corrected chi connectivity index (χ4v) is 21.2. The van der Waals surface area contributed by atoms with E-state index >= 15 is 0 Å². The van der Waals surface area contributed by atoms with Crippen molar-refractivity contribution in [1.82, 2.24) is 55.3 Å². The van der Waals surface area contributed by atoms with E-state index < -0.39 is 54.6 Å². The van der Waals surface area contributed by atoms with E-state index in [-0.39, 0.29) is 126 Å². The molecule has 6 aromatic carbocycles. The predicted molar refractivity (Wildman–Crippen MR) is 494 cm³/mol. The lowest BCUT2D eigenvalue weighted by Crippen LogP contribution is -2.55. The minimum Gasteiger partial charge on any atom is -0.391 e. The molecule has 9 atom stereocenters. The number of aliphatic hydroxyl groups is 3. The maximum absolute atomic E-state index is 14.0. The molecule has 6 aliphatic rings. The summed E-state index contributed by atoms with van der Waals surface area (Å²) >= 11 is 4.94. The van der Waals surface area contributed by atoms with Crippen molar-refractivity contribution >= 4 is 87.2 Å². The second-order valence-corrected chi connectivity index (χ2v) is 41.1. The van der Waals surface area contributed by atoms with E-state index in [4.69, 9.17) is 0 Å². The first-order chi connectivity index (χ1) is 59.6. The number of aromatic nitrogens is 2. The van der Waals surface area contributed by atoms with Gasteiger partial charge in [0.2, 0.25) is 35.4 Å². The van der Waals surface area contributed by atoms with Gasteiger partial charge in [-0.25, -0.2) is 9.97 Å². The maximum Gasteiger partial charge on any atom is 0.255 e. The van der Waals surface area contributed by atoms with Crippen LogP contribution in [0.2, 0.25) is 0 Å². The molecule has 15 rings (SSSR count). The smallest absolute Gasteiger partial charge is 0.255 e. The molecule has 6 aliphatic heterocycles. The van der Waals surface area contributed by atoms with Crippen LogP contribution in [0.4, 0.5) is 0 Å². The average molecular weight is 1770 g/mol. The number of rotatable bonds is 21. The molecule has 0 saturated carbocycles. The molecule has 9 amide bonds. The molecule has 9 heterocycles. The normalized spacial score (nSPS) is 19.4. The number of likely N-dealkylation sites (tertiary alicyclic amines) is 3. The molecule has 3 saturated heterocycles. The summed E-state index contributed by atoms with van der Waals surface area (Å²) in [7, 11) is 0. The molecule has 0 spiro atoms. The van der Waals surface area contributed by atoms with Crippen molar-refractivity contribution in [3.05, 3.63) is 234 Å². The van der Waals surface area contributed by atoms with Crippen LogP contribution in [0.1, 0.15) is 221 Å². The Balaban J connectivity index is 0.000000162. The lowest BCUT2D eigenvalue weighted by Gasteiger charge is -2.35. The summed E-state index contributed by atoms with van der Waals surface area (Å²) < 4.78 is 0. The third-order valence-corrected chi connectivity index (χ3v) is 28.1. The number of thiophene rings is 1. The SMILES string of the molecule is Cc1ccsc1-c1ccc(CNC(=O)C2CC(O)CN2C(=O)C(C(C)C)N2Cc3ccccc3C2=O)c(C(C)(C)C)c1.Cc1ncsc1-c1ccc(CNC(=O)C2CC(O)CN2C(=O)C(C(C)C)N2Cc3ccccc3C2=O)c(C(C)(C)C)c1.Cc1ncsc1-c1ccc(CNC(=O)C2CC(O)CN2C(=O)C(C(C)C)N2Cc3ccccc3C2=O)c(C(C)(C)C)c1. The number of β-amino-alcohol motifs (C(OH)–C–C–N with tert-alkyl or cyclic N) is 3. The monoisotopic (exact) mass is 1760 g/mol. The zero-order valence-electron chi connectivity index (χ0n) is 75.7. The van der Waals surface area contributed by atoms with Crippen LogP contribution in [0.25, 0.3) is 31.3 Å². The Morgan fingerprint density at radius 2 is 0.690 bits per heavy atom. The van der Waals surface area contributed by atoms with Crippen LogP contribution in [0.3, 0.4) is 0 Å². The molecule has 9 unspecified atom stereocenters. The number of thiazole rings is 2. The second kappa shape index (κ2) is 38.1.